The summed E-state index contributed by atoms with van der Waals surface area (Å²) in [6, 6.07) is 0.268. The number of piperidine rings is 1. The van der Waals surface area contributed by atoms with Gasteiger partial charge < -0.3 is 16.0 Å². The van der Waals surface area contributed by atoms with Gasteiger partial charge in [0.05, 0.1) is 5.54 Å². The van der Waals surface area contributed by atoms with Crippen LogP contribution in [-0.4, -0.2) is 42.0 Å². The molecule has 4 heteroatoms. The van der Waals surface area contributed by atoms with Gasteiger partial charge in [-0.25, -0.2) is 0 Å². The Hall–Kier alpha value is -0.610. The van der Waals surface area contributed by atoms with E-state index in [4.69, 9.17) is 5.73 Å². The SMILES string of the molecule is CC(C)NC(C)(CCCN1CCC(C(C)C)CC1)C(N)=O. The molecule has 124 valence electrons. The van der Waals surface area contributed by atoms with Crippen molar-refractivity contribution in [1.82, 2.24) is 10.2 Å². The Morgan fingerprint density at radius 3 is 2.29 bits per heavy atom. The Balaban J connectivity index is 2.34. The van der Waals surface area contributed by atoms with Gasteiger partial charge in [0.25, 0.3) is 0 Å². The van der Waals surface area contributed by atoms with Crippen molar-refractivity contribution >= 4 is 5.91 Å². The lowest BCUT2D eigenvalue weighted by molar-refractivity contribution is -0.124. The van der Waals surface area contributed by atoms with Gasteiger partial charge in [0.15, 0.2) is 0 Å². The quantitative estimate of drug-likeness (QED) is 0.723. The minimum Gasteiger partial charge on any atom is -0.368 e. The van der Waals surface area contributed by atoms with Crippen LogP contribution in [0.3, 0.4) is 0 Å². The van der Waals surface area contributed by atoms with E-state index in [0.717, 1.165) is 31.2 Å². The van der Waals surface area contributed by atoms with Crippen LogP contribution in [0.2, 0.25) is 0 Å². The normalized spacial score (nSPS) is 20.9. The summed E-state index contributed by atoms with van der Waals surface area (Å²) in [4.78, 5) is 14.2. The number of hydrogen-bond acceptors (Lipinski definition) is 3. The zero-order valence-corrected chi connectivity index (χ0v) is 14.6. The fraction of sp³-hybridized carbons (Fsp3) is 0.941. The number of carbonyl (C=O) groups is 1. The molecule has 1 saturated heterocycles. The first-order valence-electron chi connectivity index (χ1n) is 8.54. The summed E-state index contributed by atoms with van der Waals surface area (Å²) in [6.07, 6.45) is 4.46. The minimum atomic E-state index is -0.579. The summed E-state index contributed by atoms with van der Waals surface area (Å²) in [5.74, 6) is 1.45. The summed E-state index contributed by atoms with van der Waals surface area (Å²) in [5, 5.41) is 3.32. The third-order valence-electron chi connectivity index (χ3n) is 4.88. The molecule has 1 aliphatic heterocycles. The number of amides is 1. The molecular weight excluding hydrogens is 262 g/mol. The molecule has 0 aliphatic carbocycles. The zero-order valence-electron chi connectivity index (χ0n) is 14.6. The van der Waals surface area contributed by atoms with Crippen molar-refractivity contribution < 1.29 is 4.79 Å². The Morgan fingerprint density at radius 2 is 1.86 bits per heavy atom. The lowest BCUT2D eigenvalue weighted by Gasteiger charge is -2.35. The van der Waals surface area contributed by atoms with Crippen LogP contribution in [0.15, 0.2) is 0 Å². The first-order valence-corrected chi connectivity index (χ1v) is 8.54. The fourth-order valence-electron chi connectivity index (χ4n) is 3.40. The maximum absolute atomic E-state index is 11.7. The van der Waals surface area contributed by atoms with Gasteiger partial charge in [-0.2, -0.15) is 0 Å². The summed E-state index contributed by atoms with van der Waals surface area (Å²) in [7, 11) is 0. The smallest absolute Gasteiger partial charge is 0.237 e. The summed E-state index contributed by atoms with van der Waals surface area (Å²) in [5.41, 5.74) is 5.00. The van der Waals surface area contributed by atoms with Gasteiger partial charge in [0.1, 0.15) is 0 Å². The number of rotatable bonds is 8. The molecule has 0 spiro atoms. The number of hydrogen-bond donors (Lipinski definition) is 2. The number of primary amides is 1. The van der Waals surface area contributed by atoms with Gasteiger partial charge in [-0.05, 0) is 77.9 Å². The van der Waals surface area contributed by atoms with Crippen molar-refractivity contribution in [2.24, 2.45) is 17.6 Å². The second kappa shape index (κ2) is 8.14. The van der Waals surface area contributed by atoms with Gasteiger partial charge in [-0.3, -0.25) is 4.79 Å². The second-order valence-electron chi connectivity index (χ2n) is 7.52. The molecule has 1 aliphatic rings. The Bertz CT molecular complexity index is 322. The lowest BCUT2D eigenvalue weighted by Crippen LogP contribution is -2.55. The summed E-state index contributed by atoms with van der Waals surface area (Å²) in [6.45, 7) is 14.2. The molecule has 0 bridgehead atoms. The van der Waals surface area contributed by atoms with E-state index in [1.807, 2.05) is 6.92 Å². The van der Waals surface area contributed by atoms with E-state index in [-0.39, 0.29) is 11.9 Å². The highest BCUT2D eigenvalue weighted by atomic mass is 16.1. The van der Waals surface area contributed by atoms with Crippen molar-refractivity contribution in [3.8, 4) is 0 Å². The molecule has 1 fully saturated rings. The first-order chi connectivity index (χ1) is 9.74. The van der Waals surface area contributed by atoms with E-state index in [1.165, 1.54) is 25.9 Å². The molecule has 1 heterocycles. The summed E-state index contributed by atoms with van der Waals surface area (Å²) < 4.78 is 0. The van der Waals surface area contributed by atoms with E-state index in [2.05, 4.69) is 37.9 Å². The van der Waals surface area contributed by atoms with Gasteiger partial charge in [0.2, 0.25) is 5.91 Å². The lowest BCUT2D eigenvalue weighted by atomic mass is 9.86. The molecule has 4 nitrogen and oxygen atoms in total. The Morgan fingerprint density at radius 1 is 1.29 bits per heavy atom. The molecule has 0 saturated carbocycles. The van der Waals surface area contributed by atoms with Crippen LogP contribution in [0.25, 0.3) is 0 Å². The zero-order chi connectivity index (χ0) is 16.0. The Kier molecular flexibility index (Phi) is 7.14. The molecule has 0 aromatic heterocycles. The van der Waals surface area contributed by atoms with Crippen molar-refractivity contribution in [2.75, 3.05) is 19.6 Å². The van der Waals surface area contributed by atoms with Crippen LogP contribution in [0.1, 0.15) is 60.3 Å². The average Bonchev–Trinajstić information content (AvgIpc) is 2.38. The molecule has 0 radical (unpaired) electrons. The van der Waals surface area contributed by atoms with Gasteiger partial charge in [-0.15, -0.1) is 0 Å². The molecule has 1 rings (SSSR count). The largest absolute Gasteiger partial charge is 0.368 e. The van der Waals surface area contributed by atoms with Crippen molar-refractivity contribution in [3.05, 3.63) is 0 Å². The molecule has 1 amide bonds. The molecule has 3 N–H and O–H groups in total. The number of nitrogens with one attached hydrogen (secondary N) is 1. The van der Waals surface area contributed by atoms with Crippen LogP contribution in [0.5, 0.6) is 0 Å². The third-order valence-corrected chi connectivity index (χ3v) is 4.88. The number of likely N-dealkylation sites (tertiary alicyclic amines) is 1. The molecule has 1 atom stereocenters. The van der Waals surface area contributed by atoms with Crippen molar-refractivity contribution in [1.29, 1.82) is 0 Å². The summed E-state index contributed by atoms with van der Waals surface area (Å²) >= 11 is 0. The molecule has 1 unspecified atom stereocenters. The number of carbonyl (C=O) groups excluding carboxylic acids is 1. The highest BCUT2D eigenvalue weighted by Gasteiger charge is 2.31. The van der Waals surface area contributed by atoms with E-state index >= 15 is 0 Å². The van der Waals surface area contributed by atoms with E-state index in [1.54, 1.807) is 0 Å². The van der Waals surface area contributed by atoms with Crippen molar-refractivity contribution in [2.45, 2.75) is 71.9 Å². The average molecular weight is 297 g/mol. The van der Waals surface area contributed by atoms with Crippen LogP contribution < -0.4 is 11.1 Å². The van der Waals surface area contributed by atoms with Crippen LogP contribution in [0, 0.1) is 11.8 Å². The first kappa shape index (κ1) is 18.4. The van der Waals surface area contributed by atoms with Crippen LogP contribution >= 0.6 is 0 Å². The molecule has 0 aromatic carbocycles. The highest BCUT2D eigenvalue weighted by molar-refractivity contribution is 5.84. The minimum absolute atomic E-state index is 0.241. The number of nitrogens with zero attached hydrogens (tertiary/aromatic N) is 1. The maximum Gasteiger partial charge on any atom is 0.237 e. The van der Waals surface area contributed by atoms with Gasteiger partial charge in [0, 0.05) is 6.04 Å². The Labute approximate surface area is 130 Å². The van der Waals surface area contributed by atoms with E-state index in [9.17, 15) is 4.79 Å². The predicted molar refractivity (Wildman–Crippen MR) is 89.1 cm³/mol. The predicted octanol–water partition coefficient (Wildman–Crippen LogP) is 2.38. The van der Waals surface area contributed by atoms with Gasteiger partial charge >= 0.3 is 0 Å². The number of nitrogens with two attached hydrogens (primary N) is 1. The standard InChI is InChI=1S/C17H35N3O/c1-13(2)15-7-11-20(12-8-15)10-6-9-17(5,16(18)21)19-14(3)4/h13-15,19H,6-12H2,1-5H3,(H2,18,21). The third kappa shape index (κ3) is 5.95. The maximum atomic E-state index is 11.7. The van der Waals surface area contributed by atoms with Crippen LogP contribution in [-0.2, 0) is 4.79 Å². The van der Waals surface area contributed by atoms with Crippen molar-refractivity contribution in [3.63, 3.8) is 0 Å². The molecule has 0 aromatic rings. The van der Waals surface area contributed by atoms with Gasteiger partial charge in [-0.1, -0.05) is 13.8 Å². The highest BCUT2D eigenvalue weighted by Crippen LogP contribution is 2.24. The monoisotopic (exact) mass is 297 g/mol. The topological polar surface area (TPSA) is 58.4 Å². The second-order valence-corrected chi connectivity index (χ2v) is 7.52. The van der Waals surface area contributed by atoms with Crippen LogP contribution in [0.4, 0.5) is 0 Å². The molecule has 21 heavy (non-hydrogen) atoms. The fourth-order valence-corrected chi connectivity index (χ4v) is 3.40. The molecular formula is C17H35N3O. The van der Waals surface area contributed by atoms with E-state index in [0.29, 0.717) is 0 Å². The van der Waals surface area contributed by atoms with E-state index < -0.39 is 5.54 Å².